The second-order valence-corrected chi connectivity index (χ2v) is 7.64. The third kappa shape index (κ3) is 3.47. The summed E-state index contributed by atoms with van der Waals surface area (Å²) < 4.78 is 30.3. The van der Waals surface area contributed by atoms with Gasteiger partial charge in [-0.05, 0) is 30.3 Å². The number of benzene rings is 2. The molecule has 0 aromatic heterocycles. The summed E-state index contributed by atoms with van der Waals surface area (Å²) in [6.45, 7) is 2.10. The van der Waals surface area contributed by atoms with E-state index in [0.717, 1.165) is 0 Å². The van der Waals surface area contributed by atoms with E-state index in [0.29, 0.717) is 60.0 Å². The number of fused-ring (bicyclic) bond motifs is 2. The van der Waals surface area contributed by atoms with Gasteiger partial charge < -0.3 is 29.2 Å². The third-order valence-corrected chi connectivity index (χ3v) is 5.72. The Morgan fingerprint density at radius 1 is 1.16 bits per heavy atom. The zero-order valence-electron chi connectivity index (χ0n) is 17.0. The molecule has 3 heterocycles. The minimum absolute atomic E-state index is 0.0255. The minimum Gasteiger partial charge on any atom is -0.467 e. The largest absolute Gasteiger partial charge is 0.467 e. The van der Waals surface area contributed by atoms with Crippen molar-refractivity contribution in [2.75, 3.05) is 38.0 Å². The lowest BCUT2D eigenvalue weighted by molar-refractivity contribution is -0.112. The van der Waals surface area contributed by atoms with Crippen LogP contribution in [0.2, 0.25) is 0 Å². The molecule has 32 heavy (non-hydrogen) atoms. The molecule has 0 unspecified atom stereocenters. The van der Waals surface area contributed by atoms with Crippen molar-refractivity contribution in [1.82, 2.24) is 4.90 Å². The van der Waals surface area contributed by atoms with E-state index in [1.807, 2.05) is 0 Å². The molecular formula is C22H20FN3O6. The van der Waals surface area contributed by atoms with E-state index in [9.17, 15) is 19.2 Å². The maximum absolute atomic E-state index is 14.2. The van der Waals surface area contributed by atoms with Crippen LogP contribution in [0.4, 0.5) is 10.1 Å². The second kappa shape index (κ2) is 8.21. The van der Waals surface area contributed by atoms with E-state index < -0.39 is 11.7 Å². The lowest BCUT2D eigenvalue weighted by atomic mass is 10.1. The second-order valence-electron chi connectivity index (χ2n) is 7.64. The Hall–Kier alpha value is -3.50. The Kier molecular flexibility index (Phi) is 5.24. The van der Waals surface area contributed by atoms with Gasteiger partial charge in [0, 0.05) is 35.3 Å². The Labute approximate surface area is 182 Å². The Morgan fingerprint density at radius 2 is 1.97 bits per heavy atom. The highest BCUT2D eigenvalue weighted by Crippen LogP contribution is 2.36. The molecule has 0 aliphatic carbocycles. The molecule has 5 rings (SSSR count). The van der Waals surface area contributed by atoms with E-state index in [1.165, 1.54) is 17.0 Å². The molecule has 1 fully saturated rings. The highest BCUT2D eigenvalue weighted by atomic mass is 19.1. The number of halogens is 1. The Balaban J connectivity index is 1.52. The summed E-state index contributed by atoms with van der Waals surface area (Å²) in [5.74, 6) is -0.751. The maximum Gasteiger partial charge on any atom is 0.281 e. The smallest absolute Gasteiger partial charge is 0.281 e. The van der Waals surface area contributed by atoms with Crippen molar-refractivity contribution in [2.45, 2.75) is 13.2 Å². The zero-order chi connectivity index (χ0) is 22.2. The number of morpholine rings is 1. The lowest BCUT2D eigenvalue weighted by Gasteiger charge is -2.27. The number of ether oxygens (including phenoxy) is 3. The van der Waals surface area contributed by atoms with Crippen molar-refractivity contribution in [3.05, 3.63) is 58.4 Å². The van der Waals surface area contributed by atoms with E-state index in [-0.39, 0.29) is 31.6 Å². The van der Waals surface area contributed by atoms with Crippen LogP contribution in [0.5, 0.6) is 5.75 Å². The quantitative estimate of drug-likeness (QED) is 0.577. The summed E-state index contributed by atoms with van der Waals surface area (Å²) in [6, 6.07) is 7.41. The van der Waals surface area contributed by atoms with Gasteiger partial charge in [0.25, 0.3) is 11.8 Å². The number of anilines is 1. The molecule has 0 spiro atoms. The van der Waals surface area contributed by atoms with E-state index in [2.05, 4.69) is 5.16 Å². The zero-order valence-corrected chi connectivity index (χ0v) is 17.0. The molecule has 166 valence electrons. The monoisotopic (exact) mass is 441 g/mol. The van der Waals surface area contributed by atoms with Crippen LogP contribution in [0.3, 0.4) is 0 Å². The number of carbonyl (C=O) groups excluding carboxylic acids is 2. The van der Waals surface area contributed by atoms with Crippen molar-refractivity contribution < 1.29 is 33.4 Å². The van der Waals surface area contributed by atoms with E-state index in [4.69, 9.17) is 14.2 Å². The van der Waals surface area contributed by atoms with Crippen LogP contribution >= 0.6 is 0 Å². The van der Waals surface area contributed by atoms with Crippen LogP contribution in [0.15, 0.2) is 35.5 Å². The molecule has 1 saturated heterocycles. The van der Waals surface area contributed by atoms with Crippen LogP contribution < -0.4 is 9.64 Å². The predicted octanol–water partition coefficient (Wildman–Crippen LogP) is 1.89. The van der Waals surface area contributed by atoms with Gasteiger partial charge in [0.2, 0.25) is 0 Å². The molecule has 0 saturated carbocycles. The fourth-order valence-corrected chi connectivity index (χ4v) is 4.19. The van der Waals surface area contributed by atoms with Crippen LogP contribution in [0, 0.1) is 5.82 Å². The van der Waals surface area contributed by atoms with Crippen LogP contribution in [0.1, 0.15) is 27.0 Å². The van der Waals surface area contributed by atoms with E-state index >= 15 is 0 Å². The first-order valence-electron chi connectivity index (χ1n) is 10.1. The van der Waals surface area contributed by atoms with Gasteiger partial charge in [-0.15, -0.1) is 0 Å². The molecule has 10 heteroatoms. The fourth-order valence-electron chi connectivity index (χ4n) is 4.19. The van der Waals surface area contributed by atoms with Crippen LogP contribution in [-0.2, 0) is 27.4 Å². The first-order chi connectivity index (χ1) is 15.6. The molecule has 3 aliphatic heterocycles. The average molecular weight is 441 g/mol. The summed E-state index contributed by atoms with van der Waals surface area (Å²) >= 11 is 0. The predicted molar refractivity (Wildman–Crippen MR) is 109 cm³/mol. The summed E-state index contributed by atoms with van der Waals surface area (Å²) in [4.78, 5) is 29.0. The van der Waals surface area contributed by atoms with Gasteiger partial charge in [0.05, 0.1) is 32.1 Å². The molecule has 9 nitrogen and oxygen atoms in total. The van der Waals surface area contributed by atoms with Gasteiger partial charge in [-0.1, -0.05) is 5.16 Å². The number of oxime groups is 1. The number of nitrogens with zero attached hydrogens (tertiary/aromatic N) is 3. The molecular weight excluding hydrogens is 421 g/mol. The molecule has 2 amide bonds. The summed E-state index contributed by atoms with van der Waals surface area (Å²) in [5.41, 5.74) is 2.06. The highest BCUT2D eigenvalue weighted by molar-refractivity contribution is 6.54. The molecule has 2 aromatic carbocycles. The summed E-state index contributed by atoms with van der Waals surface area (Å²) in [7, 11) is 0. The SMILES string of the molecule is O=C(c1ccc2c(c1)N(Cc1cc(F)cc3c1OCOC3)C(=O)/C2=N\O)N1CCOCC1. The summed E-state index contributed by atoms with van der Waals surface area (Å²) in [6.07, 6.45) is 0. The Bertz CT molecular complexity index is 1130. The van der Waals surface area contributed by atoms with Crippen LogP contribution in [-0.4, -0.2) is 60.7 Å². The summed E-state index contributed by atoms with van der Waals surface area (Å²) in [5, 5.41) is 12.6. The number of hydrogen-bond donors (Lipinski definition) is 1. The normalized spacial score (nSPS) is 19.0. The van der Waals surface area contributed by atoms with E-state index in [1.54, 1.807) is 23.1 Å². The maximum atomic E-state index is 14.2. The lowest BCUT2D eigenvalue weighted by Crippen LogP contribution is -2.40. The highest BCUT2D eigenvalue weighted by Gasteiger charge is 2.36. The number of rotatable bonds is 3. The number of amides is 2. The van der Waals surface area contributed by atoms with Crippen molar-refractivity contribution >= 4 is 23.2 Å². The van der Waals surface area contributed by atoms with Crippen molar-refractivity contribution in [1.29, 1.82) is 0 Å². The van der Waals surface area contributed by atoms with Crippen molar-refractivity contribution in [3.8, 4) is 5.75 Å². The number of hydrogen-bond acceptors (Lipinski definition) is 7. The number of carbonyl (C=O) groups is 2. The molecule has 0 atom stereocenters. The third-order valence-electron chi connectivity index (χ3n) is 5.72. The molecule has 0 bridgehead atoms. The van der Waals surface area contributed by atoms with Gasteiger partial charge in [-0.25, -0.2) is 4.39 Å². The standard InChI is InChI=1S/C22H20FN3O6/c23-16-7-14(20-15(8-16)11-31-12-32-20)10-26-18-9-13(21(27)25-3-5-30-6-4-25)1-2-17(18)19(24-29)22(26)28/h1-2,7-9,29H,3-6,10-12H2/b24-19-. The first kappa shape index (κ1) is 20.4. The fraction of sp³-hybridized carbons (Fsp3) is 0.318. The molecule has 2 aromatic rings. The molecule has 0 radical (unpaired) electrons. The minimum atomic E-state index is -0.552. The Morgan fingerprint density at radius 3 is 2.75 bits per heavy atom. The molecule has 3 aliphatic rings. The van der Waals surface area contributed by atoms with Crippen LogP contribution in [0.25, 0.3) is 0 Å². The topological polar surface area (TPSA) is 101 Å². The van der Waals surface area contributed by atoms with Crippen molar-refractivity contribution in [2.24, 2.45) is 5.16 Å². The average Bonchev–Trinajstić information content (AvgIpc) is 3.09. The van der Waals surface area contributed by atoms with Gasteiger partial charge in [-0.2, -0.15) is 0 Å². The van der Waals surface area contributed by atoms with Gasteiger partial charge in [-0.3, -0.25) is 9.59 Å². The first-order valence-corrected chi connectivity index (χ1v) is 10.1. The van der Waals surface area contributed by atoms with Gasteiger partial charge >= 0.3 is 0 Å². The van der Waals surface area contributed by atoms with Crippen molar-refractivity contribution in [3.63, 3.8) is 0 Å². The molecule has 1 N–H and O–H groups in total. The van der Waals surface area contributed by atoms with Gasteiger partial charge in [0.15, 0.2) is 12.5 Å². The van der Waals surface area contributed by atoms with Gasteiger partial charge in [0.1, 0.15) is 11.6 Å².